The summed E-state index contributed by atoms with van der Waals surface area (Å²) in [6.07, 6.45) is -0.248. The highest BCUT2D eigenvalue weighted by molar-refractivity contribution is 5.03. The van der Waals surface area contributed by atoms with E-state index < -0.39 is 29.5 Å². The molecule has 9 heteroatoms. The molecule has 1 aromatic heterocycles. The molecular formula is C10H13N5O4. The molecule has 2 rings (SSSR count). The summed E-state index contributed by atoms with van der Waals surface area (Å²) in [7, 11) is 0. The lowest BCUT2D eigenvalue weighted by Gasteiger charge is -2.18. The summed E-state index contributed by atoms with van der Waals surface area (Å²) in [6.45, 7) is 1.66. The molecule has 1 saturated heterocycles. The Morgan fingerprint density at radius 2 is 2.42 bits per heavy atom. The average Bonchev–Trinajstić information content (AvgIpc) is 2.73. The lowest BCUT2D eigenvalue weighted by molar-refractivity contribution is 0.0454. The molecule has 0 radical (unpaired) electrons. The number of aryl methyl sites for hydroxylation is 1. The van der Waals surface area contributed by atoms with Crippen molar-refractivity contribution in [3.05, 3.63) is 43.0 Å². The van der Waals surface area contributed by atoms with E-state index in [1.165, 1.54) is 10.8 Å². The van der Waals surface area contributed by atoms with Crippen LogP contribution in [0.3, 0.4) is 0 Å². The Morgan fingerprint density at radius 3 is 3.11 bits per heavy atom. The number of H-pyrrole nitrogens is 1. The summed E-state index contributed by atoms with van der Waals surface area (Å²) in [5, 5.41) is 13.4. The van der Waals surface area contributed by atoms with Crippen LogP contribution >= 0.6 is 0 Å². The van der Waals surface area contributed by atoms with Gasteiger partial charge in [0, 0.05) is 16.7 Å². The van der Waals surface area contributed by atoms with Crippen molar-refractivity contribution in [1.29, 1.82) is 0 Å². The summed E-state index contributed by atoms with van der Waals surface area (Å²) in [6, 6.07) is -0.609. The summed E-state index contributed by atoms with van der Waals surface area (Å²) in [4.78, 5) is 27.7. The van der Waals surface area contributed by atoms with E-state index in [-0.39, 0.29) is 13.2 Å². The molecule has 0 saturated carbocycles. The first kappa shape index (κ1) is 13.3. The minimum absolute atomic E-state index is 0.00868. The topological polar surface area (TPSA) is 133 Å². The maximum atomic E-state index is 11.7. The number of aliphatic hydroxyl groups is 1. The van der Waals surface area contributed by atoms with Crippen LogP contribution in [0.15, 0.2) is 20.9 Å². The van der Waals surface area contributed by atoms with Crippen LogP contribution in [0, 0.1) is 6.92 Å². The Hall–Kier alpha value is -2.09. The van der Waals surface area contributed by atoms with Crippen LogP contribution < -0.4 is 11.2 Å². The van der Waals surface area contributed by atoms with Gasteiger partial charge in [-0.2, -0.15) is 0 Å². The maximum Gasteiger partial charge on any atom is 0.328 e. The van der Waals surface area contributed by atoms with Crippen molar-refractivity contribution in [3.63, 3.8) is 0 Å². The molecule has 0 aliphatic carbocycles. The van der Waals surface area contributed by atoms with E-state index in [4.69, 9.17) is 10.3 Å². The Bertz CT molecular complexity index is 630. The molecule has 2 N–H and O–H groups in total. The minimum Gasteiger partial charge on any atom is -0.388 e. The predicted octanol–water partition coefficient (Wildman–Crippen LogP) is -0.544. The molecule has 2 heterocycles. The summed E-state index contributed by atoms with van der Waals surface area (Å²) >= 11 is 0. The first-order valence-corrected chi connectivity index (χ1v) is 5.67. The fraction of sp³-hybridized carbons (Fsp3) is 0.600. The zero-order chi connectivity index (χ0) is 14.0. The van der Waals surface area contributed by atoms with E-state index in [1.54, 1.807) is 6.92 Å². The Morgan fingerprint density at radius 1 is 1.68 bits per heavy atom. The second kappa shape index (κ2) is 5.27. The third kappa shape index (κ3) is 2.53. The van der Waals surface area contributed by atoms with Gasteiger partial charge >= 0.3 is 5.69 Å². The number of hydrogen-bond donors (Lipinski definition) is 2. The molecule has 102 valence electrons. The normalized spacial score (nSPS) is 26.1. The molecule has 19 heavy (non-hydrogen) atoms. The molecule has 0 bridgehead atoms. The third-order valence-corrected chi connectivity index (χ3v) is 3.08. The minimum atomic E-state index is -0.978. The number of azide groups is 1. The summed E-state index contributed by atoms with van der Waals surface area (Å²) in [5.41, 5.74) is 7.54. The van der Waals surface area contributed by atoms with Crippen molar-refractivity contribution < 1.29 is 9.84 Å². The van der Waals surface area contributed by atoms with Crippen LogP contribution in [0.2, 0.25) is 0 Å². The smallest absolute Gasteiger partial charge is 0.328 e. The number of ether oxygens (including phenoxy) is 1. The summed E-state index contributed by atoms with van der Waals surface area (Å²) in [5.74, 6) is 0. The lowest BCUT2D eigenvalue weighted by Crippen LogP contribution is -2.38. The van der Waals surface area contributed by atoms with Gasteiger partial charge in [0.2, 0.25) is 0 Å². The second-order valence-electron chi connectivity index (χ2n) is 4.32. The molecule has 3 atom stereocenters. The maximum absolute atomic E-state index is 11.7. The van der Waals surface area contributed by atoms with Crippen molar-refractivity contribution in [2.45, 2.75) is 25.2 Å². The highest BCUT2D eigenvalue weighted by Gasteiger charge is 2.37. The molecule has 0 amide bonds. The fourth-order valence-electron chi connectivity index (χ4n) is 2.02. The molecular weight excluding hydrogens is 254 g/mol. The van der Waals surface area contributed by atoms with Gasteiger partial charge in [-0.15, -0.1) is 0 Å². The average molecular weight is 267 g/mol. The zero-order valence-electron chi connectivity index (χ0n) is 10.2. The Labute approximate surface area is 107 Å². The van der Waals surface area contributed by atoms with Gasteiger partial charge in [-0.05, 0) is 12.5 Å². The number of aromatic nitrogens is 2. The predicted molar refractivity (Wildman–Crippen MR) is 64.9 cm³/mol. The number of nitrogens with one attached hydrogen (secondary N) is 1. The van der Waals surface area contributed by atoms with Crippen molar-refractivity contribution in [2.75, 3.05) is 13.2 Å². The van der Waals surface area contributed by atoms with Crippen LogP contribution in [0.1, 0.15) is 11.6 Å². The first-order chi connectivity index (χ1) is 9.04. The van der Waals surface area contributed by atoms with Gasteiger partial charge < -0.3 is 9.84 Å². The summed E-state index contributed by atoms with van der Waals surface area (Å²) < 4.78 is 6.53. The van der Waals surface area contributed by atoms with Crippen LogP contribution in [0.25, 0.3) is 10.4 Å². The standard InChI is InChI=1S/C10H13N5O4/c1-5-3-15(10(18)13-9(5)17)6-4-19-7(8(6)16)2-12-14-11/h3,6-8,16H,2,4H2,1H3,(H,13,17,18)/t6-,7-,8+/m0/s1. The van der Waals surface area contributed by atoms with Gasteiger partial charge in [-0.3, -0.25) is 14.3 Å². The molecule has 1 fully saturated rings. The molecule has 0 aromatic carbocycles. The highest BCUT2D eigenvalue weighted by atomic mass is 16.5. The van der Waals surface area contributed by atoms with Gasteiger partial charge in [0.1, 0.15) is 6.10 Å². The van der Waals surface area contributed by atoms with Gasteiger partial charge in [0.15, 0.2) is 0 Å². The van der Waals surface area contributed by atoms with E-state index >= 15 is 0 Å². The number of nitrogens with zero attached hydrogens (tertiary/aromatic N) is 4. The fourth-order valence-corrected chi connectivity index (χ4v) is 2.02. The number of aliphatic hydroxyl groups excluding tert-OH is 1. The van der Waals surface area contributed by atoms with Crippen LogP contribution in [-0.4, -0.2) is 40.0 Å². The first-order valence-electron chi connectivity index (χ1n) is 5.67. The molecule has 1 aliphatic rings. The molecule has 0 unspecified atom stereocenters. The molecule has 1 aromatic rings. The second-order valence-corrected chi connectivity index (χ2v) is 4.32. The Balaban J connectivity index is 2.29. The highest BCUT2D eigenvalue weighted by Crippen LogP contribution is 2.24. The SMILES string of the molecule is Cc1cn([C@H]2CO[C@@H](CN=[N+]=[N-])[C@@H]2O)c(=O)[nH]c1=O. The van der Waals surface area contributed by atoms with Crippen molar-refractivity contribution in [2.24, 2.45) is 5.11 Å². The van der Waals surface area contributed by atoms with Crippen molar-refractivity contribution >= 4 is 0 Å². The van der Waals surface area contributed by atoms with Gasteiger partial charge in [-0.1, -0.05) is 5.11 Å². The monoisotopic (exact) mass is 267 g/mol. The lowest BCUT2D eigenvalue weighted by atomic mass is 10.1. The van der Waals surface area contributed by atoms with E-state index in [0.717, 1.165) is 0 Å². The van der Waals surface area contributed by atoms with Crippen molar-refractivity contribution in [1.82, 2.24) is 9.55 Å². The number of rotatable bonds is 3. The zero-order valence-corrected chi connectivity index (χ0v) is 10.2. The van der Waals surface area contributed by atoms with Crippen molar-refractivity contribution in [3.8, 4) is 0 Å². The number of hydrogen-bond acceptors (Lipinski definition) is 5. The van der Waals surface area contributed by atoms with Crippen LogP contribution in [-0.2, 0) is 4.74 Å². The quantitative estimate of drug-likeness (QED) is 0.432. The van der Waals surface area contributed by atoms with Gasteiger partial charge in [-0.25, -0.2) is 4.79 Å². The number of aromatic amines is 1. The van der Waals surface area contributed by atoms with E-state index in [0.29, 0.717) is 5.56 Å². The molecule has 1 aliphatic heterocycles. The molecule has 0 spiro atoms. The van der Waals surface area contributed by atoms with Gasteiger partial charge in [0.25, 0.3) is 5.56 Å². The van der Waals surface area contributed by atoms with E-state index in [9.17, 15) is 14.7 Å². The molecule has 9 nitrogen and oxygen atoms in total. The third-order valence-electron chi connectivity index (χ3n) is 3.08. The largest absolute Gasteiger partial charge is 0.388 e. The Kier molecular flexibility index (Phi) is 3.70. The van der Waals surface area contributed by atoms with E-state index in [2.05, 4.69) is 15.0 Å². The van der Waals surface area contributed by atoms with Gasteiger partial charge in [0.05, 0.1) is 25.3 Å². The van der Waals surface area contributed by atoms with Crippen LogP contribution in [0.5, 0.6) is 0 Å². The van der Waals surface area contributed by atoms with Crippen LogP contribution in [0.4, 0.5) is 0 Å². The van der Waals surface area contributed by atoms with E-state index in [1.807, 2.05) is 0 Å².